The monoisotopic (exact) mass is 853 g/mol. The molecule has 0 saturated carbocycles. The van der Waals surface area contributed by atoms with Gasteiger partial charge in [0, 0.05) is 19.3 Å². The van der Waals surface area contributed by atoms with E-state index < -0.39 is 6.10 Å². The fraction of sp³-hybridized carbons (Fsp3) is 0.764. The van der Waals surface area contributed by atoms with Crippen LogP contribution >= 0.6 is 0 Å². The van der Waals surface area contributed by atoms with Gasteiger partial charge in [0.05, 0.1) is 0 Å². The molecule has 0 aliphatic rings. The molecular weight excluding hydrogens is 757 g/mol. The van der Waals surface area contributed by atoms with Crippen LogP contribution in [0.2, 0.25) is 0 Å². The van der Waals surface area contributed by atoms with Crippen LogP contribution in [0.1, 0.15) is 252 Å². The zero-order valence-corrected chi connectivity index (χ0v) is 40.2. The second-order valence-electron chi connectivity index (χ2n) is 17.1. The van der Waals surface area contributed by atoms with Crippen molar-refractivity contribution >= 4 is 17.9 Å². The highest BCUT2D eigenvalue weighted by molar-refractivity contribution is 5.71. The van der Waals surface area contributed by atoms with E-state index >= 15 is 0 Å². The van der Waals surface area contributed by atoms with E-state index in [0.717, 1.165) is 96.3 Å². The molecule has 0 amide bonds. The third-order valence-corrected chi connectivity index (χ3v) is 11.0. The Morgan fingerprint density at radius 2 is 0.607 bits per heavy atom. The predicted octanol–water partition coefficient (Wildman–Crippen LogP) is 16.9. The Labute approximate surface area is 377 Å². The molecule has 0 aromatic carbocycles. The van der Waals surface area contributed by atoms with E-state index in [9.17, 15) is 14.4 Å². The van der Waals surface area contributed by atoms with Gasteiger partial charge < -0.3 is 14.2 Å². The lowest BCUT2D eigenvalue weighted by Crippen LogP contribution is -2.30. The van der Waals surface area contributed by atoms with Gasteiger partial charge in [-0.3, -0.25) is 14.4 Å². The van der Waals surface area contributed by atoms with Crippen molar-refractivity contribution in [2.24, 2.45) is 0 Å². The van der Waals surface area contributed by atoms with Crippen LogP contribution in [-0.4, -0.2) is 37.2 Å². The number of carbonyl (C=O) groups is 3. The molecule has 0 bridgehead atoms. The Hall–Kier alpha value is -2.89. The molecule has 352 valence electrons. The molecule has 1 atom stereocenters. The van der Waals surface area contributed by atoms with Gasteiger partial charge in [0.25, 0.3) is 0 Å². The summed E-state index contributed by atoms with van der Waals surface area (Å²) in [6.07, 6.45) is 60.5. The van der Waals surface area contributed by atoms with E-state index in [-0.39, 0.29) is 31.1 Å². The third kappa shape index (κ3) is 48.0. The summed E-state index contributed by atoms with van der Waals surface area (Å²) in [5.41, 5.74) is 0. The maximum absolute atomic E-state index is 12.8. The van der Waals surface area contributed by atoms with Crippen LogP contribution in [0.5, 0.6) is 0 Å². The molecule has 0 aliphatic heterocycles. The van der Waals surface area contributed by atoms with Gasteiger partial charge in [0.1, 0.15) is 13.2 Å². The average Bonchev–Trinajstić information content (AvgIpc) is 3.26. The lowest BCUT2D eigenvalue weighted by Gasteiger charge is -2.18. The molecule has 0 unspecified atom stereocenters. The van der Waals surface area contributed by atoms with Gasteiger partial charge in [-0.15, -0.1) is 0 Å². The van der Waals surface area contributed by atoms with E-state index in [0.29, 0.717) is 19.3 Å². The molecule has 6 nitrogen and oxygen atoms in total. The molecule has 61 heavy (non-hydrogen) atoms. The highest BCUT2D eigenvalue weighted by atomic mass is 16.6. The van der Waals surface area contributed by atoms with Gasteiger partial charge in [-0.25, -0.2) is 0 Å². The van der Waals surface area contributed by atoms with Crippen molar-refractivity contribution in [2.75, 3.05) is 13.2 Å². The van der Waals surface area contributed by atoms with Gasteiger partial charge in [0.15, 0.2) is 6.10 Å². The Bertz CT molecular complexity index is 1120. The molecular formula is C55H96O6. The highest BCUT2D eigenvalue weighted by Gasteiger charge is 2.19. The van der Waals surface area contributed by atoms with Crippen LogP contribution < -0.4 is 0 Å². The van der Waals surface area contributed by atoms with Crippen LogP contribution in [0.3, 0.4) is 0 Å². The SMILES string of the molecule is CCCC/C=C\CCCCCCCC(=O)O[C@H](COC(=O)CCCCCC/C=C\C/C=C\C/C=C\CCCCC)COC(=O)CCCCCCCCC/C=C\CCCCCC. The number of unbranched alkanes of at least 4 members (excludes halogenated alkanes) is 25. The molecule has 0 N–H and O–H groups in total. The Balaban J connectivity index is 4.40. The molecule has 0 aliphatic carbocycles. The lowest BCUT2D eigenvalue weighted by atomic mass is 10.1. The van der Waals surface area contributed by atoms with Crippen molar-refractivity contribution in [2.45, 2.75) is 258 Å². The van der Waals surface area contributed by atoms with E-state index in [4.69, 9.17) is 14.2 Å². The van der Waals surface area contributed by atoms with E-state index in [2.05, 4.69) is 81.5 Å². The van der Waals surface area contributed by atoms with Crippen LogP contribution in [0.4, 0.5) is 0 Å². The van der Waals surface area contributed by atoms with Crippen molar-refractivity contribution < 1.29 is 28.6 Å². The normalized spacial score (nSPS) is 12.5. The summed E-state index contributed by atoms with van der Waals surface area (Å²) in [6.45, 7) is 6.53. The quantitative estimate of drug-likeness (QED) is 0.0263. The summed E-state index contributed by atoms with van der Waals surface area (Å²) >= 11 is 0. The zero-order chi connectivity index (χ0) is 44.4. The molecule has 0 heterocycles. The fourth-order valence-corrected chi connectivity index (χ4v) is 7.01. The topological polar surface area (TPSA) is 78.9 Å². The lowest BCUT2D eigenvalue weighted by molar-refractivity contribution is -0.167. The van der Waals surface area contributed by atoms with E-state index in [1.807, 2.05) is 0 Å². The van der Waals surface area contributed by atoms with Gasteiger partial charge >= 0.3 is 17.9 Å². The minimum Gasteiger partial charge on any atom is -0.462 e. The molecule has 0 fully saturated rings. The molecule has 0 radical (unpaired) electrons. The molecule has 6 heteroatoms. The van der Waals surface area contributed by atoms with Crippen molar-refractivity contribution in [1.82, 2.24) is 0 Å². The number of carbonyl (C=O) groups excluding carboxylic acids is 3. The van der Waals surface area contributed by atoms with Gasteiger partial charge in [-0.2, -0.15) is 0 Å². The van der Waals surface area contributed by atoms with Crippen molar-refractivity contribution in [3.63, 3.8) is 0 Å². The van der Waals surface area contributed by atoms with Gasteiger partial charge in [0.2, 0.25) is 0 Å². The van der Waals surface area contributed by atoms with Crippen molar-refractivity contribution in [3.05, 3.63) is 60.8 Å². The molecule has 0 spiro atoms. The van der Waals surface area contributed by atoms with E-state index in [1.165, 1.54) is 116 Å². The number of esters is 3. The standard InChI is InChI=1S/C55H96O6/c1-4-7-10-13-16-19-22-24-26-27-29-31-34-36-39-42-45-48-54(57)60-51-52(61-55(58)49-46-43-40-37-32-21-18-15-12-9-6-3)50-59-53(56)47-44-41-38-35-33-30-28-25-23-20-17-14-11-8-5-2/h15-16,18-20,23-24,26,29,31,52H,4-14,17,21-22,25,27-28,30,32-51H2,1-3H3/b18-15-,19-16-,23-20-,26-24-,31-29-/t52-/m0/s1. The summed E-state index contributed by atoms with van der Waals surface area (Å²) in [5, 5.41) is 0. The average molecular weight is 853 g/mol. The number of hydrogen-bond acceptors (Lipinski definition) is 6. The Morgan fingerprint density at radius 3 is 1.02 bits per heavy atom. The fourth-order valence-electron chi connectivity index (χ4n) is 7.01. The first-order valence-corrected chi connectivity index (χ1v) is 25.8. The molecule has 0 aromatic heterocycles. The first-order chi connectivity index (χ1) is 30.0. The first-order valence-electron chi connectivity index (χ1n) is 25.8. The Kier molecular flexibility index (Phi) is 47.4. The first kappa shape index (κ1) is 58.1. The molecule has 0 rings (SSSR count). The number of rotatable bonds is 46. The minimum absolute atomic E-state index is 0.0870. The molecule has 0 aromatic rings. The van der Waals surface area contributed by atoms with Crippen molar-refractivity contribution in [3.8, 4) is 0 Å². The summed E-state index contributed by atoms with van der Waals surface area (Å²) < 4.78 is 16.8. The van der Waals surface area contributed by atoms with Crippen LogP contribution in [0.25, 0.3) is 0 Å². The molecule has 0 saturated heterocycles. The number of allylic oxidation sites excluding steroid dienone is 10. The maximum Gasteiger partial charge on any atom is 0.306 e. The largest absolute Gasteiger partial charge is 0.462 e. The zero-order valence-electron chi connectivity index (χ0n) is 40.2. The van der Waals surface area contributed by atoms with Crippen LogP contribution in [0, 0.1) is 0 Å². The summed E-state index contributed by atoms with van der Waals surface area (Å²) in [7, 11) is 0. The summed E-state index contributed by atoms with van der Waals surface area (Å²) in [5.74, 6) is -0.921. The number of hydrogen-bond donors (Lipinski definition) is 0. The summed E-state index contributed by atoms with van der Waals surface area (Å²) in [4.78, 5) is 37.9. The number of ether oxygens (including phenoxy) is 3. The minimum atomic E-state index is -0.788. The van der Waals surface area contributed by atoms with Crippen LogP contribution in [0.15, 0.2) is 60.8 Å². The van der Waals surface area contributed by atoms with E-state index in [1.54, 1.807) is 0 Å². The van der Waals surface area contributed by atoms with Gasteiger partial charge in [-0.05, 0) is 103 Å². The predicted molar refractivity (Wildman–Crippen MR) is 261 cm³/mol. The maximum atomic E-state index is 12.8. The summed E-state index contributed by atoms with van der Waals surface area (Å²) in [6, 6.07) is 0. The van der Waals surface area contributed by atoms with Crippen molar-refractivity contribution in [1.29, 1.82) is 0 Å². The Morgan fingerprint density at radius 1 is 0.328 bits per heavy atom. The highest BCUT2D eigenvalue weighted by Crippen LogP contribution is 2.14. The van der Waals surface area contributed by atoms with Gasteiger partial charge in [-0.1, -0.05) is 191 Å². The second kappa shape index (κ2) is 49.8. The van der Waals surface area contributed by atoms with Crippen LogP contribution in [-0.2, 0) is 28.6 Å². The second-order valence-corrected chi connectivity index (χ2v) is 17.1. The smallest absolute Gasteiger partial charge is 0.306 e. The third-order valence-electron chi connectivity index (χ3n) is 11.0.